The van der Waals surface area contributed by atoms with Gasteiger partial charge in [-0.3, -0.25) is 4.79 Å². The number of rotatable bonds is 5. The lowest BCUT2D eigenvalue weighted by molar-refractivity contribution is 0.102. The largest absolute Gasteiger partial charge is 0.497 e. The van der Waals surface area contributed by atoms with E-state index >= 15 is 0 Å². The number of methoxy groups -OCH3 is 1. The fourth-order valence-corrected chi connectivity index (χ4v) is 2.27. The van der Waals surface area contributed by atoms with Crippen molar-refractivity contribution in [1.82, 2.24) is 4.98 Å². The molecule has 0 fully saturated rings. The van der Waals surface area contributed by atoms with Gasteiger partial charge in [-0.25, -0.2) is 13.8 Å². The number of aromatic nitrogens is 1. The summed E-state index contributed by atoms with van der Waals surface area (Å²) >= 11 is 0. The Hall–Kier alpha value is -3.48. The summed E-state index contributed by atoms with van der Waals surface area (Å²) in [7, 11) is 1.54. The monoisotopic (exact) mass is 355 g/mol. The second kappa shape index (κ2) is 7.60. The average Bonchev–Trinajstić information content (AvgIpc) is 2.64. The van der Waals surface area contributed by atoms with Gasteiger partial charge in [0, 0.05) is 29.6 Å². The quantitative estimate of drug-likeness (QED) is 0.714. The molecule has 7 heteroatoms. The van der Waals surface area contributed by atoms with Crippen LogP contribution in [0.2, 0.25) is 0 Å². The van der Waals surface area contributed by atoms with Crippen LogP contribution in [0.5, 0.6) is 5.75 Å². The van der Waals surface area contributed by atoms with Gasteiger partial charge in [-0.05, 0) is 36.4 Å². The molecule has 132 valence electrons. The number of carbonyl (C=O) groups is 1. The van der Waals surface area contributed by atoms with Gasteiger partial charge in [-0.15, -0.1) is 0 Å². The molecule has 1 heterocycles. The smallest absolute Gasteiger partial charge is 0.255 e. The third-order valence-corrected chi connectivity index (χ3v) is 3.54. The van der Waals surface area contributed by atoms with Crippen molar-refractivity contribution in [2.45, 2.75) is 0 Å². The molecule has 0 aliphatic heterocycles. The minimum Gasteiger partial charge on any atom is -0.497 e. The summed E-state index contributed by atoms with van der Waals surface area (Å²) in [5.41, 5.74) is 0.961. The van der Waals surface area contributed by atoms with Crippen molar-refractivity contribution in [1.29, 1.82) is 0 Å². The summed E-state index contributed by atoms with van der Waals surface area (Å²) in [5, 5.41) is 5.47. The Bertz CT molecular complexity index is 948. The van der Waals surface area contributed by atoms with Gasteiger partial charge in [0.25, 0.3) is 5.91 Å². The molecule has 0 unspecified atom stereocenters. The molecular formula is C19H15F2N3O2. The molecule has 0 bridgehead atoms. The highest BCUT2D eigenvalue weighted by Gasteiger charge is 2.10. The van der Waals surface area contributed by atoms with Crippen LogP contribution in [0.3, 0.4) is 0 Å². The summed E-state index contributed by atoms with van der Waals surface area (Å²) in [6.07, 6.45) is 1.42. The molecular weight excluding hydrogens is 340 g/mol. The second-order valence-electron chi connectivity index (χ2n) is 5.37. The van der Waals surface area contributed by atoms with E-state index in [4.69, 9.17) is 4.74 Å². The van der Waals surface area contributed by atoms with Crippen molar-refractivity contribution in [2.24, 2.45) is 0 Å². The normalized spacial score (nSPS) is 10.3. The van der Waals surface area contributed by atoms with Crippen LogP contribution in [0.4, 0.5) is 26.0 Å². The average molecular weight is 355 g/mol. The van der Waals surface area contributed by atoms with E-state index in [0.717, 1.165) is 12.1 Å². The number of pyridine rings is 1. The summed E-state index contributed by atoms with van der Waals surface area (Å²) in [5.74, 6) is -0.908. The molecule has 0 atom stereocenters. The molecule has 0 aliphatic carbocycles. The molecule has 3 aromatic rings. The summed E-state index contributed by atoms with van der Waals surface area (Å²) in [4.78, 5) is 16.4. The van der Waals surface area contributed by atoms with Gasteiger partial charge in [0.15, 0.2) is 0 Å². The van der Waals surface area contributed by atoms with Gasteiger partial charge >= 0.3 is 0 Å². The number of benzene rings is 2. The van der Waals surface area contributed by atoms with E-state index in [1.807, 2.05) is 0 Å². The molecule has 0 saturated carbocycles. The molecule has 26 heavy (non-hydrogen) atoms. The molecule has 5 nitrogen and oxygen atoms in total. The van der Waals surface area contributed by atoms with Crippen LogP contribution in [-0.4, -0.2) is 18.0 Å². The summed E-state index contributed by atoms with van der Waals surface area (Å²) < 4.78 is 31.8. The first-order valence-corrected chi connectivity index (χ1v) is 7.69. The Labute approximate surface area is 148 Å². The van der Waals surface area contributed by atoms with Crippen molar-refractivity contribution in [3.8, 4) is 5.75 Å². The van der Waals surface area contributed by atoms with E-state index in [1.54, 1.807) is 24.3 Å². The maximum atomic E-state index is 13.7. The molecule has 0 aliphatic rings. The van der Waals surface area contributed by atoms with Gasteiger partial charge in [-0.1, -0.05) is 6.07 Å². The van der Waals surface area contributed by atoms with Crippen molar-refractivity contribution in [3.05, 3.63) is 78.0 Å². The lowest BCUT2D eigenvalue weighted by Gasteiger charge is -2.10. The van der Waals surface area contributed by atoms with Crippen LogP contribution in [0.15, 0.2) is 60.8 Å². The Morgan fingerprint density at radius 3 is 2.69 bits per heavy atom. The Morgan fingerprint density at radius 2 is 1.92 bits per heavy atom. The number of hydrogen-bond donors (Lipinski definition) is 2. The standard InChI is InChI=1S/C19H15F2N3O2/c1-26-15-4-2-3-14(11-15)23-19(25)12-7-8-22-18(9-12)24-17-6-5-13(20)10-16(17)21/h2-11H,1H3,(H,22,24)(H,23,25). The minimum atomic E-state index is -0.752. The van der Waals surface area contributed by atoms with Gasteiger partial charge in [-0.2, -0.15) is 0 Å². The van der Waals surface area contributed by atoms with E-state index in [2.05, 4.69) is 15.6 Å². The third kappa shape index (κ3) is 4.13. The fraction of sp³-hybridized carbons (Fsp3) is 0.0526. The number of nitrogens with zero attached hydrogens (tertiary/aromatic N) is 1. The van der Waals surface area contributed by atoms with Crippen LogP contribution in [0, 0.1) is 11.6 Å². The predicted molar refractivity (Wildman–Crippen MR) is 94.8 cm³/mol. The van der Waals surface area contributed by atoms with Gasteiger partial charge < -0.3 is 15.4 Å². The molecule has 1 aromatic heterocycles. The highest BCUT2D eigenvalue weighted by molar-refractivity contribution is 6.04. The maximum absolute atomic E-state index is 13.7. The van der Waals surface area contributed by atoms with Crippen LogP contribution in [0.25, 0.3) is 0 Å². The minimum absolute atomic E-state index is 0.0595. The van der Waals surface area contributed by atoms with Gasteiger partial charge in [0.1, 0.15) is 23.2 Å². The predicted octanol–water partition coefficient (Wildman–Crippen LogP) is 4.36. The highest BCUT2D eigenvalue weighted by Crippen LogP contribution is 2.21. The lowest BCUT2D eigenvalue weighted by Crippen LogP contribution is -2.12. The first-order valence-electron chi connectivity index (χ1n) is 7.69. The van der Waals surface area contributed by atoms with Crippen molar-refractivity contribution >= 4 is 23.1 Å². The van der Waals surface area contributed by atoms with Crippen LogP contribution in [-0.2, 0) is 0 Å². The highest BCUT2D eigenvalue weighted by atomic mass is 19.1. The number of ether oxygens (including phenoxy) is 1. The van der Waals surface area contributed by atoms with E-state index < -0.39 is 11.6 Å². The van der Waals surface area contributed by atoms with E-state index in [0.29, 0.717) is 17.0 Å². The number of amides is 1. The number of halogens is 2. The lowest BCUT2D eigenvalue weighted by atomic mass is 10.2. The van der Waals surface area contributed by atoms with Crippen molar-refractivity contribution in [2.75, 3.05) is 17.7 Å². The Morgan fingerprint density at radius 1 is 1.08 bits per heavy atom. The Balaban J connectivity index is 1.76. The molecule has 1 amide bonds. The van der Waals surface area contributed by atoms with Crippen LogP contribution >= 0.6 is 0 Å². The van der Waals surface area contributed by atoms with Crippen LogP contribution in [0.1, 0.15) is 10.4 Å². The van der Waals surface area contributed by atoms with Gasteiger partial charge in [0.2, 0.25) is 0 Å². The second-order valence-corrected chi connectivity index (χ2v) is 5.37. The zero-order valence-corrected chi connectivity index (χ0v) is 13.8. The van der Waals surface area contributed by atoms with Gasteiger partial charge in [0.05, 0.1) is 12.8 Å². The molecule has 3 rings (SSSR count). The molecule has 2 N–H and O–H groups in total. The number of nitrogens with one attached hydrogen (secondary N) is 2. The third-order valence-electron chi connectivity index (χ3n) is 3.54. The first kappa shape index (κ1) is 17.3. The molecule has 0 spiro atoms. The van der Waals surface area contributed by atoms with E-state index in [9.17, 15) is 13.6 Å². The van der Waals surface area contributed by atoms with Crippen molar-refractivity contribution < 1.29 is 18.3 Å². The number of hydrogen-bond acceptors (Lipinski definition) is 4. The summed E-state index contributed by atoms with van der Waals surface area (Å²) in [6, 6.07) is 13.1. The first-order chi connectivity index (χ1) is 12.5. The molecule has 0 radical (unpaired) electrons. The number of anilines is 3. The molecule has 0 saturated heterocycles. The van der Waals surface area contributed by atoms with Crippen molar-refractivity contribution in [3.63, 3.8) is 0 Å². The fourth-order valence-electron chi connectivity index (χ4n) is 2.27. The summed E-state index contributed by atoms with van der Waals surface area (Å²) in [6.45, 7) is 0. The Kier molecular flexibility index (Phi) is 5.07. The molecule has 2 aromatic carbocycles. The zero-order valence-electron chi connectivity index (χ0n) is 13.8. The number of carbonyl (C=O) groups excluding carboxylic acids is 1. The van der Waals surface area contributed by atoms with Crippen LogP contribution < -0.4 is 15.4 Å². The SMILES string of the molecule is COc1cccc(NC(=O)c2ccnc(Nc3ccc(F)cc3F)c2)c1. The zero-order chi connectivity index (χ0) is 18.5. The van der Waals surface area contributed by atoms with E-state index in [-0.39, 0.29) is 17.4 Å². The van der Waals surface area contributed by atoms with E-state index in [1.165, 1.54) is 31.5 Å². The topological polar surface area (TPSA) is 63.2 Å². The maximum Gasteiger partial charge on any atom is 0.255 e.